The van der Waals surface area contributed by atoms with E-state index in [0.29, 0.717) is 13.2 Å². The van der Waals surface area contributed by atoms with Gasteiger partial charge in [0, 0.05) is 25.0 Å². The van der Waals surface area contributed by atoms with Crippen LogP contribution in [0.3, 0.4) is 0 Å². The lowest BCUT2D eigenvalue weighted by molar-refractivity contribution is 0.0331. The van der Waals surface area contributed by atoms with Crippen LogP contribution in [0, 0.1) is 0 Å². The van der Waals surface area contributed by atoms with E-state index in [1.165, 1.54) is 22.2 Å². The Morgan fingerprint density at radius 2 is 1.97 bits per heavy atom. The third-order valence-electron chi connectivity index (χ3n) is 6.47. The lowest BCUT2D eigenvalue weighted by atomic mass is 10.1. The maximum atomic E-state index is 6.23. The largest absolute Gasteiger partial charge is 0.486 e. The molecule has 0 N–H and O–H groups in total. The van der Waals surface area contributed by atoms with Crippen molar-refractivity contribution in [3.63, 3.8) is 0 Å². The van der Waals surface area contributed by atoms with Gasteiger partial charge in [-0.2, -0.15) is 0 Å². The lowest BCUT2D eigenvalue weighted by Crippen LogP contribution is -2.40. The topological polar surface area (TPSA) is 60.0 Å². The van der Waals surface area contributed by atoms with Gasteiger partial charge in [0.2, 0.25) is 0 Å². The molecule has 1 fully saturated rings. The van der Waals surface area contributed by atoms with Gasteiger partial charge in [-0.25, -0.2) is 9.97 Å². The zero-order chi connectivity index (χ0) is 21.5. The summed E-state index contributed by atoms with van der Waals surface area (Å²) in [5.74, 6) is 3.56. The van der Waals surface area contributed by atoms with Gasteiger partial charge in [0.05, 0.1) is 31.7 Å². The summed E-state index contributed by atoms with van der Waals surface area (Å²) >= 11 is 1.85. The molecule has 168 valence electrons. The molecule has 1 saturated heterocycles. The summed E-state index contributed by atoms with van der Waals surface area (Å²) in [6, 6.07) is 7.88. The third-order valence-corrected chi connectivity index (χ3v) is 7.65. The number of nitrogens with zero attached hydrogens (tertiary/aromatic N) is 4. The average molecular weight is 453 g/mol. The van der Waals surface area contributed by atoms with E-state index in [1.54, 1.807) is 0 Å². The standard InChI is InChI=1S/C24H28N4O3S/c1-27(13-16-15-30-18-6-2-3-7-19(18)31-16)23-22-17-5-4-8-20(17)32-24(22)26-21(25-23)14-28-9-11-29-12-10-28/h2-3,6-7,16H,4-5,8-15H2,1H3. The number of likely N-dealkylation sites (N-methyl/N-ethyl adjacent to an activating group) is 1. The number of hydrogen-bond donors (Lipinski definition) is 0. The molecule has 2 aliphatic heterocycles. The number of rotatable bonds is 5. The molecule has 1 aliphatic carbocycles. The minimum atomic E-state index is -0.0470. The molecule has 3 aliphatic rings. The number of anilines is 1. The van der Waals surface area contributed by atoms with E-state index < -0.39 is 0 Å². The van der Waals surface area contributed by atoms with Gasteiger partial charge in [0.1, 0.15) is 23.1 Å². The molecule has 7 nitrogen and oxygen atoms in total. The van der Waals surface area contributed by atoms with Crippen molar-refractivity contribution in [3.8, 4) is 11.5 Å². The van der Waals surface area contributed by atoms with Gasteiger partial charge in [-0.05, 0) is 37.0 Å². The minimum Gasteiger partial charge on any atom is -0.486 e. The molecule has 0 amide bonds. The Balaban J connectivity index is 1.30. The fourth-order valence-corrected chi connectivity index (χ4v) is 6.15. The van der Waals surface area contributed by atoms with Crippen molar-refractivity contribution in [3.05, 3.63) is 40.5 Å². The fourth-order valence-electron chi connectivity index (χ4n) is 4.87. The first-order valence-corrected chi connectivity index (χ1v) is 12.3. The molecule has 0 bridgehead atoms. The van der Waals surface area contributed by atoms with Gasteiger partial charge in [-0.3, -0.25) is 4.90 Å². The SMILES string of the molecule is CN(CC1COc2ccccc2O1)c1nc(CN2CCOCC2)nc2sc3c(c12)CCC3. The Hall–Kier alpha value is -2.42. The predicted octanol–water partition coefficient (Wildman–Crippen LogP) is 3.29. The van der Waals surface area contributed by atoms with Crippen LogP contribution < -0.4 is 14.4 Å². The molecule has 4 heterocycles. The number of hydrogen-bond acceptors (Lipinski definition) is 8. The first kappa shape index (κ1) is 20.2. The Labute approximate surface area is 191 Å². The molecule has 32 heavy (non-hydrogen) atoms. The van der Waals surface area contributed by atoms with E-state index in [1.807, 2.05) is 35.6 Å². The molecular weight excluding hydrogens is 424 g/mol. The van der Waals surface area contributed by atoms with E-state index in [4.69, 9.17) is 24.2 Å². The van der Waals surface area contributed by atoms with E-state index in [2.05, 4.69) is 16.8 Å². The minimum absolute atomic E-state index is 0.0470. The van der Waals surface area contributed by atoms with E-state index in [-0.39, 0.29) is 6.10 Å². The molecule has 0 saturated carbocycles. The Kier molecular flexibility index (Phi) is 5.37. The molecule has 1 unspecified atom stereocenters. The number of morpholine rings is 1. The number of para-hydroxylation sites is 2. The molecule has 1 atom stereocenters. The summed E-state index contributed by atoms with van der Waals surface area (Å²) in [5, 5.41) is 1.24. The lowest BCUT2D eigenvalue weighted by Gasteiger charge is -2.30. The molecule has 6 rings (SSSR count). The normalized spacial score (nSPS) is 20.5. The second-order valence-electron chi connectivity index (χ2n) is 8.77. The van der Waals surface area contributed by atoms with Crippen molar-refractivity contribution < 1.29 is 14.2 Å². The smallest absolute Gasteiger partial charge is 0.161 e. The maximum Gasteiger partial charge on any atom is 0.161 e. The quantitative estimate of drug-likeness (QED) is 0.589. The first-order chi connectivity index (χ1) is 15.7. The summed E-state index contributed by atoms with van der Waals surface area (Å²) in [4.78, 5) is 17.3. The van der Waals surface area contributed by atoms with Crippen LogP contribution in [0.15, 0.2) is 24.3 Å². The van der Waals surface area contributed by atoms with Crippen LogP contribution in [0.25, 0.3) is 10.2 Å². The molecule has 2 aromatic heterocycles. The van der Waals surface area contributed by atoms with E-state index in [9.17, 15) is 0 Å². The van der Waals surface area contributed by atoms with Gasteiger partial charge < -0.3 is 19.1 Å². The summed E-state index contributed by atoms with van der Waals surface area (Å²) in [6.07, 6.45) is 3.47. The Morgan fingerprint density at radius 1 is 1.12 bits per heavy atom. The van der Waals surface area contributed by atoms with Crippen molar-refractivity contribution in [1.29, 1.82) is 0 Å². The molecule has 1 aromatic carbocycles. The second-order valence-corrected chi connectivity index (χ2v) is 9.85. The van der Waals surface area contributed by atoms with Crippen molar-refractivity contribution in [1.82, 2.24) is 14.9 Å². The van der Waals surface area contributed by atoms with E-state index >= 15 is 0 Å². The molecule has 3 aromatic rings. The van der Waals surface area contributed by atoms with Crippen LogP contribution in [-0.4, -0.2) is 67.5 Å². The van der Waals surface area contributed by atoms with Crippen molar-refractivity contribution in [2.24, 2.45) is 0 Å². The zero-order valence-electron chi connectivity index (χ0n) is 18.4. The average Bonchev–Trinajstić information content (AvgIpc) is 3.40. The highest BCUT2D eigenvalue weighted by atomic mass is 32.1. The summed E-state index contributed by atoms with van der Waals surface area (Å²) in [7, 11) is 2.11. The maximum absolute atomic E-state index is 6.23. The van der Waals surface area contributed by atoms with Gasteiger partial charge in [0.15, 0.2) is 17.6 Å². The van der Waals surface area contributed by atoms with Gasteiger partial charge in [0.25, 0.3) is 0 Å². The van der Waals surface area contributed by atoms with E-state index in [0.717, 1.165) is 73.7 Å². The number of aryl methyl sites for hydroxylation is 2. The van der Waals surface area contributed by atoms with Crippen molar-refractivity contribution in [2.45, 2.75) is 31.9 Å². The highest BCUT2D eigenvalue weighted by molar-refractivity contribution is 7.19. The van der Waals surface area contributed by atoms with Gasteiger partial charge in [-0.15, -0.1) is 11.3 Å². The van der Waals surface area contributed by atoms with Crippen LogP contribution in [0.1, 0.15) is 22.7 Å². The highest BCUT2D eigenvalue weighted by Gasteiger charge is 2.27. The Morgan fingerprint density at radius 3 is 2.84 bits per heavy atom. The fraction of sp³-hybridized carbons (Fsp3) is 0.500. The second kappa shape index (κ2) is 8.50. The molecular formula is C24H28N4O3S. The summed E-state index contributed by atoms with van der Waals surface area (Å²) in [6.45, 7) is 5.44. The van der Waals surface area contributed by atoms with Crippen molar-refractivity contribution in [2.75, 3.05) is 51.4 Å². The molecule has 0 radical (unpaired) electrons. The molecule has 0 spiro atoms. The van der Waals surface area contributed by atoms with Crippen LogP contribution in [0.5, 0.6) is 11.5 Å². The zero-order valence-corrected chi connectivity index (χ0v) is 19.2. The van der Waals surface area contributed by atoms with Crippen LogP contribution in [0.2, 0.25) is 0 Å². The van der Waals surface area contributed by atoms with Gasteiger partial charge in [-0.1, -0.05) is 12.1 Å². The van der Waals surface area contributed by atoms with Gasteiger partial charge >= 0.3 is 0 Å². The molecule has 8 heteroatoms. The number of aromatic nitrogens is 2. The highest BCUT2D eigenvalue weighted by Crippen LogP contribution is 2.41. The van der Waals surface area contributed by atoms with Crippen LogP contribution in [-0.2, 0) is 24.1 Å². The number of ether oxygens (including phenoxy) is 3. The van der Waals surface area contributed by atoms with Crippen LogP contribution >= 0.6 is 11.3 Å². The third kappa shape index (κ3) is 3.80. The summed E-state index contributed by atoms with van der Waals surface area (Å²) in [5.41, 5.74) is 1.45. The number of benzene rings is 1. The number of thiophene rings is 1. The number of fused-ring (bicyclic) bond motifs is 4. The van der Waals surface area contributed by atoms with Crippen LogP contribution in [0.4, 0.5) is 5.82 Å². The first-order valence-electron chi connectivity index (χ1n) is 11.5. The monoisotopic (exact) mass is 452 g/mol. The van der Waals surface area contributed by atoms with Crippen molar-refractivity contribution >= 4 is 27.4 Å². The Bertz CT molecular complexity index is 1130. The summed E-state index contributed by atoms with van der Waals surface area (Å²) < 4.78 is 17.7. The predicted molar refractivity (Wildman–Crippen MR) is 125 cm³/mol.